The first-order valence-electron chi connectivity index (χ1n) is 5.61. The van der Waals surface area contributed by atoms with Crippen molar-refractivity contribution < 1.29 is 13.3 Å². The van der Waals surface area contributed by atoms with Crippen LogP contribution in [0.4, 0.5) is 11.4 Å². The summed E-state index contributed by atoms with van der Waals surface area (Å²) in [4.78, 5) is 9.96. The molecular weight excluding hydrogens is 272 g/mol. The molecule has 0 aliphatic rings. The molecule has 0 aromatic heterocycles. The number of nitro groups is 1. The zero-order valence-electron chi connectivity index (χ0n) is 10.2. The Kier molecular flexibility index (Phi) is 5.21. The highest BCUT2D eigenvalue weighted by Gasteiger charge is 2.18. The van der Waals surface area contributed by atoms with Crippen LogP contribution in [0.1, 0.15) is 12.8 Å². The van der Waals surface area contributed by atoms with Gasteiger partial charge in [0.25, 0.3) is 5.69 Å². The van der Waals surface area contributed by atoms with Crippen LogP contribution < -0.4 is 16.2 Å². The van der Waals surface area contributed by atoms with Gasteiger partial charge >= 0.3 is 0 Å². The van der Waals surface area contributed by atoms with Gasteiger partial charge in [0.05, 0.1) is 9.82 Å². The minimum atomic E-state index is -3.95. The first kappa shape index (κ1) is 15.3. The lowest BCUT2D eigenvalue weighted by molar-refractivity contribution is -0.384. The summed E-state index contributed by atoms with van der Waals surface area (Å²) < 4.78 is 22.3. The van der Waals surface area contributed by atoms with Crippen LogP contribution >= 0.6 is 0 Å². The molecule has 9 heteroatoms. The van der Waals surface area contributed by atoms with Gasteiger partial charge in [-0.15, -0.1) is 0 Å². The molecule has 1 aromatic rings. The topological polar surface area (TPSA) is 141 Å². The Morgan fingerprint density at radius 3 is 2.53 bits per heavy atom. The van der Waals surface area contributed by atoms with Crippen molar-refractivity contribution in [2.24, 2.45) is 10.9 Å². The molecule has 19 heavy (non-hydrogen) atoms. The number of hydrogen-bond donors (Lipinski definition) is 3. The fourth-order valence-electron chi connectivity index (χ4n) is 1.48. The van der Waals surface area contributed by atoms with Crippen molar-refractivity contribution >= 4 is 21.4 Å². The van der Waals surface area contributed by atoms with Gasteiger partial charge in [-0.3, -0.25) is 10.1 Å². The molecule has 0 atom stereocenters. The highest BCUT2D eigenvalue weighted by Crippen LogP contribution is 2.27. The van der Waals surface area contributed by atoms with Crippen molar-refractivity contribution in [3.63, 3.8) is 0 Å². The molecule has 0 saturated heterocycles. The number of nitrogens with zero attached hydrogens (tertiary/aromatic N) is 1. The SMILES string of the molecule is NCCCCNc1ccc(S(N)(=O)=O)cc1[N+](=O)[O-]. The molecule has 1 aromatic carbocycles. The lowest BCUT2D eigenvalue weighted by Gasteiger charge is -2.07. The van der Waals surface area contributed by atoms with Crippen molar-refractivity contribution in [2.75, 3.05) is 18.4 Å². The summed E-state index contributed by atoms with van der Waals surface area (Å²) in [5.74, 6) is 0. The second-order valence-corrected chi connectivity index (χ2v) is 5.47. The number of unbranched alkanes of at least 4 members (excludes halogenated alkanes) is 1. The van der Waals surface area contributed by atoms with Crippen molar-refractivity contribution in [3.8, 4) is 0 Å². The number of benzene rings is 1. The van der Waals surface area contributed by atoms with Crippen LogP contribution in [0, 0.1) is 10.1 Å². The Labute approximate surface area is 111 Å². The lowest BCUT2D eigenvalue weighted by Crippen LogP contribution is -2.13. The molecule has 8 nitrogen and oxygen atoms in total. The number of nitro benzene ring substituents is 1. The molecule has 0 aliphatic carbocycles. The third-order valence-corrected chi connectivity index (χ3v) is 3.35. The summed E-state index contributed by atoms with van der Waals surface area (Å²) in [6.45, 7) is 1.07. The first-order valence-corrected chi connectivity index (χ1v) is 7.16. The van der Waals surface area contributed by atoms with Crippen LogP contribution in [0.2, 0.25) is 0 Å². The third kappa shape index (κ3) is 4.47. The monoisotopic (exact) mass is 288 g/mol. The van der Waals surface area contributed by atoms with E-state index < -0.39 is 14.9 Å². The summed E-state index contributed by atoms with van der Waals surface area (Å²) in [7, 11) is -3.95. The van der Waals surface area contributed by atoms with E-state index >= 15 is 0 Å². The van der Waals surface area contributed by atoms with Gasteiger partial charge in [0, 0.05) is 12.6 Å². The van der Waals surface area contributed by atoms with Gasteiger partial charge in [-0.05, 0) is 31.5 Å². The van der Waals surface area contributed by atoms with E-state index in [1.54, 1.807) is 0 Å². The van der Waals surface area contributed by atoms with Gasteiger partial charge in [0.2, 0.25) is 10.0 Å². The van der Waals surface area contributed by atoms with Crippen molar-refractivity contribution in [2.45, 2.75) is 17.7 Å². The zero-order valence-corrected chi connectivity index (χ0v) is 11.0. The van der Waals surface area contributed by atoms with Crippen molar-refractivity contribution in [1.29, 1.82) is 0 Å². The number of nitrogens with one attached hydrogen (secondary N) is 1. The molecule has 5 N–H and O–H groups in total. The third-order valence-electron chi connectivity index (χ3n) is 2.44. The Morgan fingerprint density at radius 2 is 2.00 bits per heavy atom. The maximum absolute atomic E-state index is 11.1. The number of hydrogen-bond acceptors (Lipinski definition) is 6. The minimum absolute atomic E-state index is 0.259. The molecular formula is C10H16N4O4S. The van der Waals surface area contributed by atoms with Crippen molar-refractivity contribution in [3.05, 3.63) is 28.3 Å². The Balaban J connectivity index is 2.96. The molecule has 1 rings (SSSR count). The smallest absolute Gasteiger partial charge is 0.293 e. The van der Waals surface area contributed by atoms with E-state index in [9.17, 15) is 18.5 Å². The Hall–Kier alpha value is -1.71. The summed E-state index contributed by atoms with van der Waals surface area (Å²) in [6, 6.07) is 3.51. The van der Waals surface area contributed by atoms with E-state index in [0.29, 0.717) is 13.1 Å². The van der Waals surface area contributed by atoms with Crippen LogP contribution in [0.25, 0.3) is 0 Å². The van der Waals surface area contributed by atoms with Crippen LogP contribution in [-0.2, 0) is 10.0 Å². The minimum Gasteiger partial charge on any atom is -0.379 e. The lowest BCUT2D eigenvalue weighted by atomic mass is 10.2. The van der Waals surface area contributed by atoms with Gasteiger partial charge in [-0.25, -0.2) is 13.6 Å². The van der Waals surface area contributed by atoms with Crippen LogP contribution in [0.5, 0.6) is 0 Å². The normalized spacial score (nSPS) is 11.3. The van der Waals surface area contributed by atoms with Crippen LogP contribution in [0.3, 0.4) is 0 Å². The molecule has 0 amide bonds. The Morgan fingerprint density at radius 1 is 1.32 bits per heavy atom. The number of rotatable bonds is 7. The molecule has 0 spiro atoms. The fourth-order valence-corrected chi connectivity index (χ4v) is 2.01. The highest BCUT2D eigenvalue weighted by atomic mass is 32.2. The quantitative estimate of drug-likeness (QED) is 0.376. The standard InChI is InChI=1S/C10H16N4O4S/c11-5-1-2-6-13-9-4-3-8(19(12,17)18)7-10(9)14(15)16/h3-4,7,13H,1-2,5-6,11H2,(H2,12,17,18). The average Bonchev–Trinajstić information content (AvgIpc) is 2.33. The maximum atomic E-state index is 11.1. The molecule has 0 fully saturated rings. The molecule has 0 heterocycles. The van der Waals surface area contributed by atoms with E-state index in [4.69, 9.17) is 10.9 Å². The number of sulfonamides is 1. The summed E-state index contributed by atoms with van der Waals surface area (Å²) >= 11 is 0. The van der Waals surface area contributed by atoms with Gasteiger partial charge < -0.3 is 11.1 Å². The van der Waals surface area contributed by atoms with Gasteiger partial charge in [-0.1, -0.05) is 0 Å². The van der Waals surface area contributed by atoms with Gasteiger partial charge in [0.15, 0.2) is 0 Å². The van der Waals surface area contributed by atoms with Gasteiger partial charge in [0.1, 0.15) is 5.69 Å². The fraction of sp³-hybridized carbons (Fsp3) is 0.400. The number of anilines is 1. The number of nitrogens with two attached hydrogens (primary N) is 2. The van der Waals surface area contributed by atoms with Crippen LogP contribution in [-0.4, -0.2) is 26.4 Å². The molecule has 0 bridgehead atoms. The van der Waals surface area contributed by atoms with E-state index in [-0.39, 0.29) is 16.3 Å². The van der Waals surface area contributed by atoms with Crippen molar-refractivity contribution in [1.82, 2.24) is 0 Å². The highest BCUT2D eigenvalue weighted by molar-refractivity contribution is 7.89. The molecule has 0 radical (unpaired) electrons. The summed E-state index contributed by atoms with van der Waals surface area (Å²) in [5.41, 5.74) is 5.28. The average molecular weight is 288 g/mol. The van der Waals surface area contributed by atoms with Crippen LogP contribution in [0.15, 0.2) is 23.1 Å². The predicted molar refractivity (Wildman–Crippen MR) is 71.2 cm³/mol. The first-order chi connectivity index (χ1) is 8.86. The molecule has 0 aliphatic heterocycles. The second-order valence-electron chi connectivity index (χ2n) is 3.90. The predicted octanol–water partition coefficient (Wildman–Crippen LogP) is 0.393. The largest absolute Gasteiger partial charge is 0.379 e. The van der Waals surface area contributed by atoms with E-state index in [1.807, 2.05) is 0 Å². The van der Waals surface area contributed by atoms with E-state index in [2.05, 4.69) is 5.32 Å². The molecule has 0 unspecified atom stereocenters. The zero-order chi connectivity index (χ0) is 14.5. The summed E-state index contributed by atoms with van der Waals surface area (Å²) in [5, 5.41) is 18.7. The molecule has 0 saturated carbocycles. The maximum Gasteiger partial charge on any atom is 0.293 e. The number of primary sulfonamides is 1. The Bertz CT molecular complexity index is 559. The van der Waals surface area contributed by atoms with E-state index in [1.165, 1.54) is 12.1 Å². The second kappa shape index (κ2) is 6.45. The molecule has 106 valence electrons. The van der Waals surface area contributed by atoms with Gasteiger partial charge in [-0.2, -0.15) is 0 Å². The van der Waals surface area contributed by atoms with E-state index in [0.717, 1.165) is 18.9 Å². The summed E-state index contributed by atoms with van der Waals surface area (Å²) in [6.07, 6.45) is 1.57.